The zero-order valence-electron chi connectivity index (χ0n) is 24.9. The van der Waals surface area contributed by atoms with Crippen LogP contribution in [0.3, 0.4) is 0 Å². The van der Waals surface area contributed by atoms with Crippen molar-refractivity contribution in [3.63, 3.8) is 0 Å². The van der Waals surface area contributed by atoms with Crippen LogP contribution >= 0.6 is 0 Å². The van der Waals surface area contributed by atoms with E-state index in [0.717, 1.165) is 0 Å². The number of aliphatic hydroxyl groups excluding tert-OH is 2. The van der Waals surface area contributed by atoms with Gasteiger partial charge in [-0.05, 0) is 44.6 Å². The van der Waals surface area contributed by atoms with E-state index in [9.17, 15) is 29.7 Å². The molecule has 10 nitrogen and oxygen atoms in total. The Hall–Kier alpha value is -2.01. The van der Waals surface area contributed by atoms with Gasteiger partial charge in [-0.25, -0.2) is 0 Å². The Morgan fingerprint density at radius 2 is 1.68 bits per heavy atom. The molecule has 0 aromatic rings. The highest BCUT2D eigenvalue weighted by Crippen LogP contribution is 2.58. The van der Waals surface area contributed by atoms with E-state index >= 15 is 0 Å². The van der Waals surface area contributed by atoms with Crippen molar-refractivity contribution in [3.8, 4) is 0 Å². The number of hydrogen-bond donors (Lipinski definition) is 3. The first-order chi connectivity index (χ1) is 18.6. The van der Waals surface area contributed by atoms with Gasteiger partial charge in [-0.2, -0.15) is 0 Å². The predicted octanol–water partition coefficient (Wildman–Crippen LogP) is 2.84. The predicted molar refractivity (Wildman–Crippen MR) is 145 cm³/mol. The summed E-state index contributed by atoms with van der Waals surface area (Å²) >= 11 is 0. The number of esters is 3. The zero-order valence-corrected chi connectivity index (χ0v) is 24.9. The maximum Gasteiger partial charge on any atom is 0.306 e. The van der Waals surface area contributed by atoms with Crippen LogP contribution in [0.1, 0.15) is 87.0 Å². The molecule has 2 bridgehead atoms. The number of carbonyl (C=O) groups is 3. The molecule has 0 radical (unpaired) electrons. The molecule has 40 heavy (non-hydrogen) atoms. The van der Waals surface area contributed by atoms with Crippen molar-refractivity contribution in [1.82, 2.24) is 0 Å². The molecule has 3 rings (SSSR count). The second kappa shape index (κ2) is 12.5. The molecule has 0 spiro atoms. The SMILES string of the molecule is C=C1C[C@H]2O[C@H]([C@@H]3[C@@H](C(C)C)[C@H](OC(=O)CCC)[C@@H](OC(C)=O)[C@@](C)(O)[C@@H]32)[C@](C)(OC(=O)CCC)[C@H](O)C[C@@H]1O. The second-order valence-electron chi connectivity index (χ2n) is 12.5. The van der Waals surface area contributed by atoms with Crippen LogP contribution in [0.25, 0.3) is 0 Å². The molecule has 0 amide bonds. The molecule has 10 heteroatoms. The Morgan fingerprint density at radius 1 is 1.07 bits per heavy atom. The molecule has 3 N–H and O–H groups in total. The van der Waals surface area contributed by atoms with Gasteiger partial charge in [0.25, 0.3) is 0 Å². The number of aliphatic hydroxyl groups is 3. The second-order valence-corrected chi connectivity index (χ2v) is 12.5. The average molecular weight is 569 g/mol. The third kappa shape index (κ3) is 6.10. The summed E-state index contributed by atoms with van der Waals surface area (Å²) in [5.41, 5.74) is -2.95. The Bertz CT molecular complexity index is 960. The van der Waals surface area contributed by atoms with Gasteiger partial charge in [0.1, 0.15) is 17.8 Å². The summed E-state index contributed by atoms with van der Waals surface area (Å²) in [4.78, 5) is 38.0. The third-order valence-corrected chi connectivity index (χ3v) is 9.04. The normalized spacial score (nSPS) is 41.4. The first kappa shape index (κ1) is 32.5. The van der Waals surface area contributed by atoms with E-state index in [1.807, 2.05) is 27.7 Å². The molecule has 0 aromatic heterocycles. The van der Waals surface area contributed by atoms with Crippen LogP contribution in [0.2, 0.25) is 0 Å². The highest BCUT2D eigenvalue weighted by Gasteiger charge is 2.70. The summed E-state index contributed by atoms with van der Waals surface area (Å²) in [5.74, 6) is -3.57. The molecule has 11 atom stereocenters. The van der Waals surface area contributed by atoms with Crippen LogP contribution < -0.4 is 0 Å². The van der Waals surface area contributed by atoms with Crippen molar-refractivity contribution in [2.45, 2.75) is 135 Å². The first-order valence-corrected chi connectivity index (χ1v) is 14.6. The van der Waals surface area contributed by atoms with Crippen molar-refractivity contribution in [2.24, 2.45) is 23.7 Å². The Kier molecular flexibility index (Phi) is 10.1. The molecule has 0 unspecified atom stereocenters. The van der Waals surface area contributed by atoms with Gasteiger partial charge >= 0.3 is 17.9 Å². The number of hydrogen-bond acceptors (Lipinski definition) is 10. The molecule has 228 valence electrons. The van der Waals surface area contributed by atoms with E-state index in [0.29, 0.717) is 18.4 Å². The maximum atomic E-state index is 12.9. The van der Waals surface area contributed by atoms with Crippen LogP contribution in [-0.2, 0) is 33.3 Å². The Labute approximate surface area is 237 Å². The third-order valence-electron chi connectivity index (χ3n) is 9.04. The smallest absolute Gasteiger partial charge is 0.306 e. The molecular weight excluding hydrogens is 520 g/mol. The van der Waals surface area contributed by atoms with E-state index in [2.05, 4.69) is 6.58 Å². The first-order valence-electron chi connectivity index (χ1n) is 14.6. The minimum Gasteiger partial charge on any atom is -0.458 e. The van der Waals surface area contributed by atoms with Gasteiger partial charge in [-0.3, -0.25) is 14.4 Å². The fourth-order valence-corrected chi connectivity index (χ4v) is 7.21. The quantitative estimate of drug-likeness (QED) is 0.227. The fourth-order valence-electron chi connectivity index (χ4n) is 7.21. The highest BCUT2D eigenvalue weighted by molar-refractivity contribution is 5.70. The van der Waals surface area contributed by atoms with E-state index in [1.54, 1.807) is 6.92 Å². The zero-order chi connectivity index (χ0) is 30.2. The number of carbonyl (C=O) groups excluding carboxylic acids is 3. The van der Waals surface area contributed by atoms with Crippen molar-refractivity contribution < 1.29 is 48.7 Å². The van der Waals surface area contributed by atoms with Crippen molar-refractivity contribution in [2.75, 3.05) is 0 Å². The standard InChI is InChI=1S/C30H48O10/c1-9-11-21(34)39-26-23(15(3)4)24-25(29(7,36)28(26)37-17(6)31)19-13-16(5)18(32)14-20(33)30(8,27(24)38-19)40-22(35)12-10-2/h15,18-20,23-28,32-33,36H,5,9-14H2,1-4,6-8H3/t18-,19+,20+,23+,24+,25+,26-,27+,28+,29-,30+/m0/s1. The molecule has 2 saturated heterocycles. The van der Waals surface area contributed by atoms with E-state index in [4.69, 9.17) is 18.9 Å². The van der Waals surface area contributed by atoms with Gasteiger partial charge in [0.05, 0.1) is 18.3 Å². The van der Waals surface area contributed by atoms with E-state index < -0.39 is 83.5 Å². The molecule has 2 aliphatic heterocycles. The summed E-state index contributed by atoms with van der Waals surface area (Å²) in [6.45, 7) is 16.0. The largest absolute Gasteiger partial charge is 0.458 e. The minimum atomic E-state index is -1.75. The maximum absolute atomic E-state index is 12.9. The van der Waals surface area contributed by atoms with Crippen LogP contribution in [0.5, 0.6) is 0 Å². The van der Waals surface area contributed by atoms with Crippen LogP contribution in [-0.4, -0.2) is 81.1 Å². The monoisotopic (exact) mass is 568 g/mol. The lowest BCUT2D eigenvalue weighted by Crippen LogP contribution is -2.69. The number of fused-ring (bicyclic) bond motifs is 5. The molecule has 0 aromatic carbocycles. The van der Waals surface area contributed by atoms with Gasteiger partial charge in [-0.1, -0.05) is 34.3 Å². The minimum absolute atomic E-state index is 0.119. The Morgan fingerprint density at radius 3 is 2.23 bits per heavy atom. The fraction of sp³-hybridized carbons (Fsp3) is 0.833. The van der Waals surface area contributed by atoms with Crippen LogP contribution in [0.15, 0.2) is 12.2 Å². The van der Waals surface area contributed by atoms with Crippen molar-refractivity contribution >= 4 is 17.9 Å². The van der Waals surface area contributed by atoms with Gasteiger partial charge in [0.2, 0.25) is 0 Å². The molecule has 3 aliphatic rings. The molecule has 1 saturated carbocycles. The number of rotatable bonds is 8. The summed E-state index contributed by atoms with van der Waals surface area (Å²) in [7, 11) is 0. The molecule has 2 heterocycles. The molecule has 3 fully saturated rings. The van der Waals surface area contributed by atoms with Crippen LogP contribution in [0.4, 0.5) is 0 Å². The average Bonchev–Trinajstić information content (AvgIpc) is 3.21. The lowest BCUT2D eigenvalue weighted by atomic mass is 9.55. The topological polar surface area (TPSA) is 149 Å². The van der Waals surface area contributed by atoms with E-state index in [-0.39, 0.29) is 31.6 Å². The summed E-state index contributed by atoms with van der Waals surface area (Å²) in [6, 6.07) is 0. The van der Waals surface area contributed by atoms with Gasteiger partial charge in [0.15, 0.2) is 11.7 Å². The molecule has 1 aliphatic carbocycles. The van der Waals surface area contributed by atoms with Crippen LogP contribution in [0, 0.1) is 23.7 Å². The number of ether oxygens (including phenoxy) is 4. The van der Waals surface area contributed by atoms with Crippen molar-refractivity contribution in [3.05, 3.63) is 12.2 Å². The van der Waals surface area contributed by atoms with Gasteiger partial charge < -0.3 is 34.3 Å². The Balaban J connectivity index is 2.25. The van der Waals surface area contributed by atoms with Gasteiger partial charge in [-0.15, -0.1) is 0 Å². The lowest BCUT2D eigenvalue weighted by Gasteiger charge is -2.55. The van der Waals surface area contributed by atoms with Gasteiger partial charge in [0, 0.05) is 43.9 Å². The lowest BCUT2D eigenvalue weighted by molar-refractivity contribution is -0.244. The molecular formula is C30H48O10. The summed E-state index contributed by atoms with van der Waals surface area (Å²) < 4.78 is 24.3. The van der Waals surface area contributed by atoms with Crippen molar-refractivity contribution in [1.29, 1.82) is 0 Å². The highest BCUT2D eigenvalue weighted by atomic mass is 16.6. The summed E-state index contributed by atoms with van der Waals surface area (Å²) in [6.07, 6.45) is -4.89. The van der Waals surface area contributed by atoms with E-state index in [1.165, 1.54) is 13.8 Å². The summed E-state index contributed by atoms with van der Waals surface area (Å²) in [5, 5.41) is 34.6.